The van der Waals surface area contributed by atoms with Crippen molar-refractivity contribution in [3.63, 3.8) is 0 Å². The second-order valence-corrected chi connectivity index (χ2v) is 5.52. The summed E-state index contributed by atoms with van der Waals surface area (Å²) in [6, 6.07) is 16.1. The van der Waals surface area contributed by atoms with Gasteiger partial charge in [0.1, 0.15) is 5.75 Å². The molecule has 0 atom stereocenters. The molecule has 0 aromatic heterocycles. The van der Waals surface area contributed by atoms with Crippen molar-refractivity contribution in [1.29, 1.82) is 0 Å². The van der Waals surface area contributed by atoms with E-state index in [9.17, 15) is 0 Å². The Morgan fingerprint density at radius 1 is 0.955 bits per heavy atom. The smallest absolute Gasteiger partial charge is 0.175 e. The van der Waals surface area contributed by atoms with E-state index >= 15 is 0 Å². The van der Waals surface area contributed by atoms with Crippen molar-refractivity contribution in [3.05, 3.63) is 54.1 Å². The van der Waals surface area contributed by atoms with E-state index in [4.69, 9.17) is 17.0 Å². The molecule has 0 saturated carbocycles. The van der Waals surface area contributed by atoms with Crippen LogP contribution in [0.2, 0.25) is 0 Å². The van der Waals surface area contributed by atoms with Crippen molar-refractivity contribution in [1.82, 2.24) is 0 Å². The fraction of sp³-hybridized carbons (Fsp3) is 0.278. The Kier molecular flexibility index (Phi) is 6.22. The summed E-state index contributed by atoms with van der Waals surface area (Å²) in [5, 5.41) is 6.92. The third-order valence-corrected chi connectivity index (χ3v) is 3.58. The summed E-state index contributed by atoms with van der Waals surface area (Å²) in [6.07, 6.45) is 3.57. The van der Waals surface area contributed by atoms with Gasteiger partial charge in [-0.3, -0.25) is 0 Å². The average Bonchev–Trinajstić information content (AvgIpc) is 2.55. The molecule has 0 saturated heterocycles. The maximum atomic E-state index is 5.33. The Hall–Kier alpha value is -2.07. The lowest BCUT2D eigenvalue weighted by molar-refractivity contribution is 0.415. The van der Waals surface area contributed by atoms with Crippen molar-refractivity contribution >= 4 is 28.7 Å². The molecule has 2 aromatic carbocycles. The zero-order chi connectivity index (χ0) is 15.8. The second-order valence-electron chi connectivity index (χ2n) is 5.11. The maximum Gasteiger partial charge on any atom is 0.175 e. The molecule has 0 unspecified atom stereocenters. The molecule has 116 valence electrons. The first kappa shape index (κ1) is 16.3. The fourth-order valence-corrected chi connectivity index (χ4v) is 2.34. The van der Waals surface area contributed by atoms with Crippen LogP contribution in [0.4, 0.5) is 11.4 Å². The van der Waals surface area contributed by atoms with Gasteiger partial charge < -0.3 is 15.4 Å². The summed E-state index contributed by atoms with van der Waals surface area (Å²) in [5.74, 6) is 0.826. The van der Waals surface area contributed by atoms with Crippen molar-refractivity contribution in [2.75, 3.05) is 17.7 Å². The molecule has 0 radical (unpaired) electrons. The molecule has 2 N–H and O–H groups in total. The highest BCUT2D eigenvalue weighted by atomic mass is 32.1. The van der Waals surface area contributed by atoms with Gasteiger partial charge >= 0.3 is 0 Å². The van der Waals surface area contributed by atoms with Gasteiger partial charge in [-0.2, -0.15) is 0 Å². The molecule has 4 heteroatoms. The summed E-state index contributed by atoms with van der Waals surface area (Å²) < 4.78 is 5.13. The quantitative estimate of drug-likeness (QED) is 0.747. The molecule has 2 rings (SSSR count). The Labute approximate surface area is 137 Å². The molecule has 22 heavy (non-hydrogen) atoms. The molecule has 0 aliphatic carbocycles. The van der Waals surface area contributed by atoms with E-state index in [-0.39, 0.29) is 0 Å². The monoisotopic (exact) mass is 314 g/mol. The van der Waals surface area contributed by atoms with Crippen LogP contribution in [-0.4, -0.2) is 12.2 Å². The number of methoxy groups -OCH3 is 1. The Morgan fingerprint density at radius 3 is 2.00 bits per heavy atom. The highest BCUT2D eigenvalue weighted by Crippen LogP contribution is 2.16. The molecular weight excluding hydrogens is 292 g/mol. The van der Waals surface area contributed by atoms with Gasteiger partial charge in [0.25, 0.3) is 0 Å². The molecule has 0 heterocycles. The number of rotatable bonds is 6. The summed E-state index contributed by atoms with van der Waals surface area (Å²) in [4.78, 5) is 0. The summed E-state index contributed by atoms with van der Waals surface area (Å²) in [6.45, 7) is 2.21. The van der Waals surface area contributed by atoms with Crippen LogP contribution in [0.1, 0.15) is 25.3 Å². The van der Waals surface area contributed by atoms with Gasteiger partial charge in [0.05, 0.1) is 7.11 Å². The van der Waals surface area contributed by atoms with Crippen LogP contribution >= 0.6 is 12.2 Å². The van der Waals surface area contributed by atoms with Crippen molar-refractivity contribution in [3.8, 4) is 5.75 Å². The van der Waals surface area contributed by atoms with E-state index in [1.165, 1.54) is 18.4 Å². The number of aryl methyl sites for hydroxylation is 1. The Bertz CT molecular complexity index is 593. The number of thiocarbonyl (C=S) groups is 1. The molecule has 0 bridgehead atoms. The normalized spacial score (nSPS) is 10.1. The molecule has 2 aromatic rings. The first-order valence-corrected chi connectivity index (χ1v) is 7.93. The van der Waals surface area contributed by atoms with Gasteiger partial charge in [0.15, 0.2) is 5.11 Å². The molecule has 0 spiro atoms. The number of hydrogen-bond acceptors (Lipinski definition) is 2. The topological polar surface area (TPSA) is 33.3 Å². The zero-order valence-corrected chi connectivity index (χ0v) is 13.9. The van der Waals surface area contributed by atoms with Crippen LogP contribution < -0.4 is 15.4 Å². The van der Waals surface area contributed by atoms with Crippen LogP contribution in [0.15, 0.2) is 48.5 Å². The molecule has 3 nitrogen and oxygen atoms in total. The predicted octanol–water partition coefficient (Wildman–Crippen LogP) is 4.85. The van der Waals surface area contributed by atoms with Gasteiger partial charge in [0, 0.05) is 11.4 Å². The van der Waals surface area contributed by atoms with Gasteiger partial charge in [-0.05, 0) is 67.0 Å². The van der Waals surface area contributed by atoms with E-state index in [1.807, 2.05) is 24.3 Å². The Morgan fingerprint density at radius 2 is 1.50 bits per heavy atom. The van der Waals surface area contributed by atoms with Gasteiger partial charge in [-0.1, -0.05) is 25.5 Å². The van der Waals surface area contributed by atoms with E-state index in [2.05, 4.69) is 41.8 Å². The van der Waals surface area contributed by atoms with Crippen molar-refractivity contribution in [2.45, 2.75) is 26.2 Å². The Balaban J connectivity index is 1.88. The van der Waals surface area contributed by atoms with E-state index in [1.54, 1.807) is 7.11 Å². The minimum atomic E-state index is 0.575. The predicted molar refractivity (Wildman–Crippen MR) is 97.9 cm³/mol. The highest BCUT2D eigenvalue weighted by molar-refractivity contribution is 7.80. The minimum Gasteiger partial charge on any atom is -0.497 e. The molecular formula is C18H22N2OS. The van der Waals surface area contributed by atoms with E-state index in [0.717, 1.165) is 23.5 Å². The number of hydrogen-bond donors (Lipinski definition) is 2. The first-order valence-electron chi connectivity index (χ1n) is 7.52. The van der Waals surface area contributed by atoms with Crippen LogP contribution in [0.3, 0.4) is 0 Å². The third-order valence-electron chi connectivity index (χ3n) is 3.38. The largest absolute Gasteiger partial charge is 0.497 e. The number of unbranched alkanes of at least 4 members (excludes halogenated alkanes) is 1. The SMILES string of the molecule is CCCCc1ccc(NC(=S)Nc2ccc(OC)cc2)cc1. The summed E-state index contributed by atoms with van der Waals surface area (Å²) in [5.41, 5.74) is 3.28. The maximum absolute atomic E-state index is 5.33. The van der Waals surface area contributed by atoms with Gasteiger partial charge in [-0.25, -0.2) is 0 Å². The highest BCUT2D eigenvalue weighted by Gasteiger charge is 2.00. The molecule has 0 amide bonds. The van der Waals surface area contributed by atoms with E-state index < -0.39 is 0 Å². The number of ether oxygens (including phenoxy) is 1. The first-order chi connectivity index (χ1) is 10.7. The lowest BCUT2D eigenvalue weighted by atomic mass is 10.1. The number of nitrogens with one attached hydrogen (secondary N) is 2. The minimum absolute atomic E-state index is 0.575. The number of anilines is 2. The summed E-state index contributed by atoms with van der Waals surface area (Å²) >= 11 is 5.33. The van der Waals surface area contributed by atoms with Gasteiger partial charge in [-0.15, -0.1) is 0 Å². The lowest BCUT2D eigenvalue weighted by Crippen LogP contribution is -2.18. The molecule has 0 aliphatic rings. The van der Waals surface area contributed by atoms with Crippen LogP contribution in [0, 0.1) is 0 Å². The molecule has 0 aliphatic heterocycles. The third kappa shape index (κ3) is 5.04. The second kappa shape index (κ2) is 8.39. The summed E-state index contributed by atoms with van der Waals surface area (Å²) in [7, 11) is 1.65. The van der Waals surface area contributed by atoms with Crippen LogP contribution in [-0.2, 0) is 6.42 Å². The van der Waals surface area contributed by atoms with Crippen molar-refractivity contribution < 1.29 is 4.74 Å². The fourth-order valence-electron chi connectivity index (χ4n) is 2.10. The van der Waals surface area contributed by atoms with Crippen LogP contribution in [0.25, 0.3) is 0 Å². The van der Waals surface area contributed by atoms with Gasteiger partial charge in [0.2, 0.25) is 0 Å². The number of benzene rings is 2. The zero-order valence-electron chi connectivity index (χ0n) is 13.1. The van der Waals surface area contributed by atoms with Crippen LogP contribution in [0.5, 0.6) is 5.75 Å². The molecule has 0 fully saturated rings. The van der Waals surface area contributed by atoms with E-state index in [0.29, 0.717) is 5.11 Å². The standard InChI is InChI=1S/C18H22N2OS/c1-3-4-5-14-6-8-15(9-7-14)19-18(22)20-16-10-12-17(21-2)13-11-16/h6-13H,3-5H2,1-2H3,(H2,19,20,22). The van der Waals surface area contributed by atoms with Crippen molar-refractivity contribution in [2.24, 2.45) is 0 Å². The average molecular weight is 314 g/mol. The lowest BCUT2D eigenvalue weighted by Gasteiger charge is -2.11.